The highest BCUT2D eigenvalue weighted by Crippen LogP contribution is 2.35. The first-order valence-corrected chi connectivity index (χ1v) is 6.82. The average Bonchev–Trinajstić information content (AvgIpc) is 2.98. The molecule has 0 N–H and O–H groups in total. The summed E-state index contributed by atoms with van der Waals surface area (Å²) >= 11 is 0. The molecule has 1 aliphatic rings. The van der Waals surface area contributed by atoms with Gasteiger partial charge in [0, 0.05) is 6.42 Å². The molecule has 0 aliphatic carbocycles. The Bertz CT molecular complexity index is 587. The molecule has 2 nitrogen and oxygen atoms in total. The van der Waals surface area contributed by atoms with Gasteiger partial charge in [-0.05, 0) is 29.3 Å². The number of hydrogen-bond acceptors (Lipinski definition) is 2. The number of rotatable bonds is 4. The van der Waals surface area contributed by atoms with Gasteiger partial charge in [-0.1, -0.05) is 48.5 Å². The van der Waals surface area contributed by atoms with E-state index < -0.39 is 0 Å². The van der Waals surface area contributed by atoms with E-state index in [4.69, 9.17) is 9.47 Å². The zero-order chi connectivity index (χ0) is 13.8. The van der Waals surface area contributed by atoms with E-state index in [1.165, 1.54) is 5.56 Å². The molecule has 0 saturated heterocycles. The van der Waals surface area contributed by atoms with Gasteiger partial charge >= 0.3 is 0 Å². The third kappa shape index (κ3) is 2.47. The van der Waals surface area contributed by atoms with Crippen molar-refractivity contribution >= 4 is 0 Å². The summed E-state index contributed by atoms with van der Waals surface area (Å²) in [4.78, 5) is 0. The maximum Gasteiger partial charge on any atom is 0.118 e. The molecule has 1 heterocycles. The summed E-state index contributed by atoms with van der Waals surface area (Å²) in [6.45, 7) is 0.666. The van der Waals surface area contributed by atoms with E-state index in [-0.39, 0.29) is 5.60 Å². The monoisotopic (exact) mass is 266 g/mol. The highest BCUT2D eigenvalue weighted by molar-refractivity contribution is 5.37. The van der Waals surface area contributed by atoms with Crippen LogP contribution in [0.1, 0.15) is 11.1 Å². The summed E-state index contributed by atoms with van der Waals surface area (Å²) in [5, 5.41) is 0. The summed E-state index contributed by atoms with van der Waals surface area (Å²) in [5.74, 6) is 0.866. The fraction of sp³-hybridized carbons (Fsp3) is 0.222. The SMILES string of the molecule is COc1ccc([C@@]2(Cc3ccccc3)C=CCO2)cc1. The summed E-state index contributed by atoms with van der Waals surface area (Å²) < 4.78 is 11.3. The van der Waals surface area contributed by atoms with Gasteiger partial charge in [-0.3, -0.25) is 0 Å². The molecule has 0 amide bonds. The summed E-state index contributed by atoms with van der Waals surface area (Å²) in [5.41, 5.74) is 2.08. The lowest BCUT2D eigenvalue weighted by molar-refractivity contribution is 0.0231. The van der Waals surface area contributed by atoms with Gasteiger partial charge in [0.15, 0.2) is 0 Å². The predicted octanol–water partition coefficient (Wildman–Crippen LogP) is 3.72. The van der Waals surface area contributed by atoms with Crippen LogP contribution < -0.4 is 4.74 Å². The van der Waals surface area contributed by atoms with Gasteiger partial charge in [0.05, 0.1) is 13.7 Å². The van der Waals surface area contributed by atoms with E-state index in [9.17, 15) is 0 Å². The average molecular weight is 266 g/mol. The zero-order valence-corrected chi connectivity index (χ0v) is 11.6. The van der Waals surface area contributed by atoms with E-state index in [0.29, 0.717) is 6.61 Å². The van der Waals surface area contributed by atoms with Gasteiger partial charge in [-0.25, -0.2) is 0 Å². The standard InChI is InChI=1S/C18H18O2/c1-19-17-10-8-16(9-11-17)18(12-5-13-20-18)14-15-6-3-2-4-7-15/h2-12H,13-14H2,1H3/t18-/m0/s1. The van der Waals surface area contributed by atoms with E-state index in [2.05, 4.69) is 48.6 Å². The Morgan fingerprint density at radius 2 is 1.80 bits per heavy atom. The molecule has 0 saturated carbocycles. The minimum atomic E-state index is -0.354. The lowest BCUT2D eigenvalue weighted by Gasteiger charge is -2.28. The number of benzene rings is 2. The number of ether oxygens (including phenoxy) is 2. The van der Waals surface area contributed by atoms with Gasteiger partial charge in [-0.15, -0.1) is 0 Å². The predicted molar refractivity (Wildman–Crippen MR) is 79.9 cm³/mol. The van der Waals surface area contributed by atoms with Crippen LogP contribution in [0.3, 0.4) is 0 Å². The van der Waals surface area contributed by atoms with Crippen molar-refractivity contribution in [3.63, 3.8) is 0 Å². The Kier molecular flexibility index (Phi) is 3.57. The van der Waals surface area contributed by atoms with Gasteiger partial charge in [-0.2, -0.15) is 0 Å². The largest absolute Gasteiger partial charge is 0.497 e. The molecule has 0 fully saturated rings. The van der Waals surface area contributed by atoms with Gasteiger partial charge in [0.25, 0.3) is 0 Å². The first kappa shape index (κ1) is 12.9. The van der Waals surface area contributed by atoms with Crippen LogP contribution in [0.15, 0.2) is 66.7 Å². The van der Waals surface area contributed by atoms with Crippen LogP contribution in [-0.4, -0.2) is 13.7 Å². The van der Waals surface area contributed by atoms with Crippen molar-refractivity contribution in [1.29, 1.82) is 0 Å². The summed E-state index contributed by atoms with van der Waals surface area (Å²) in [6, 6.07) is 18.6. The van der Waals surface area contributed by atoms with Crippen molar-refractivity contribution in [2.75, 3.05) is 13.7 Å². The number of methoxy groups -OCH3 is 1. The maximum atomic E-state index is 6.05. The Morgan fingerprint density at radius 1 is 1.05 bits per heavy atom. The van der Waals surface area contributed by atoms with Crippen molar-refractivity contribution in [3.05, 3.63) is 77.9 Å². The molecule has 2 aromatic carbocycles. The molecule has 1 aliphatic heterocycles. The molecule has 102 valence electrons. The molecule has 2 heteroatoms. The Labute approximate surface area is 119 Å². The molecule has 0 radical (unpaired) electrons. The first-order chi connectivity index (χ1) is 9.82. The fourth-order valence-electron chi connectivity index (χ4n) is 2.65. The van der Waals surface area contributed by atoms with E-state index in [1.807, 2.05) is 18.2 Å². The van der Waals surface area contributed by atoms with E-state index in [1.54, 1.807) is 7.11 Å². The summed E-state index contributed by atoms with van der Waals surface area (Å²) in [6.07, 6.45) is 5.10. The second-order valence-corrected chi connectivity index (χ2v) is 4.99. The van der Waals surface area contributed by atoms with Gasteiger partial charge in [0.2, 0.25) is 0 Å². The quantitative estimate of drug-likeness (QED) is 0.785. The van der Waals surface area contributed by atoms with Crippen molar-refractivity contribution in [2.45, 2.75) is 12.0 Å². The molecule has 3 rings (SSSR count). The van der Waals surface area contributed by atoms with E-state index >= 15 is 0 Å². The van der Waals surface area contributed by atoms with Gasteiger partial charge < -0.3 is 9.47 Å². The summed E-state index contributed by atoms with van der Waals surface area (Å²) in [7, 11) is 1.68. The third-order valence-electron chi connectivity index (χ3n) is 3.71. The van der Waals surface area contributed by atoms with Crippen LogP contribution in [0.5, 0.6) is 5.75 Å². The van der Waals surface area contributed by atoms with E-state index in [0.717, 1.165) is 17.7 Å². The van der Waals surface area contributed by atoms with Crippen molar-refractivity contribution in [1.82, 2.24) is 0 Å². The van der Waals surface area contributed by atoms with Crippen LogP contribution in [0.25, 0.3) is 0 Å². The third-order valence-corrected chi connectivity index (χ3v) is 3.71. The molecular formula is C18H18O2. The first-order valence-electron chi connectivity index (χ1n) is 6.82. The van der Waals surface area contributed by atoms with Crippen LogP contribution in [-0.2, 0) is 16.8 Å². The fourth-order valence-corrected chi connectivity index (χ4v) is 2.65. The van der Waals surface area contributed by atoms with Crippen molar-refractivity contribution < 1.29 is 9.47 Å². The molecule has 1 atom stereocenters. The molecule has 0 bridgehead atoms. The molecule has 0 spiro atoms. The normalized spacial score (nSPS) is 21.1. The van der Waals surface area contributed by atoms with Gasteiger partial charge in [0.1, 0.15) is 11.4 Å². The van der Waals surface area contributed by atoms with Crippen LogP contribution in [0, 0.1) is 0 Å². The molecule has 2 aromatic rings. The maximum absolute atomic E-state index is 6.05. The highest BCUT2D eigenvalue weighted by Gasteiger charge is 2.33. The molecule has 0 aromatic heterocycles. The topological polar surface area (TPSA) is 18.5 Å². The van der Waals surface area contributed by atoms with Crippen molar-refractivity contribution in [3.8, 4) is 5.75 Å². The smallest absolute Gasteiger partial charge is 0.118 e. The Hall–Kier alpha value is -2.06. The number of hydrogen-bond donors (Lipinski definition) is 0. The molecular weight excluding hydrogens is 248 g/mol. The lowest BCUT2D eigenvalue weighted by atomic mass is 9.87. The highest BCUT2D eigenvalue weighted by atomic mass is 16.5. The van der Waals surface area contributed by atoms with Crippen molar-refractivity contribution in [2.24, 2.45) is 0 Å². The zero-order valence-electron chi connectivity index (χ0n) is 11.6. The molecule has 0 unspecified atom stereocenters. The lowest BCUT2D eigenvalue weighted by Crippen LogP contribution is -2.27. The van der Waals surface area contributed by atoms with Crippen LogP contribution >= 0.6 is 0 Å². The second-order valence-electron chi connectivity index (χ2n) is 4.99. The Morgan fingerprint density at radius 3 is 2.40 bits per heavy atom. The second kappa shape index (κ2) is 5.51. The Balaban J connectivity index is 1.93. The minimum absolute atomic E-state index is 0.354. The van der Waals surface area contributed by atoms with Crippen LogP contribution in [0.2, 0.25) is 0 Å². The minimum Gasteiger partial charge on any atom is -0.497 e. The van der Waals surface area contributed by atoms with Crippen LogP contribution in [0.4, 0.5) is 0 Å². The molecule has 20 heavy (non-hydrogen) atoms.